The third kappa shape index (κ3) is 5.24. The van der Waals surface area contributed by atoms with Gasteiger partial charge >= 0.3 is 0 Å². The van der Waals surface area contributed by atoms with Crippen LogP contribution in [0.3, 0.4) is 0 Å². The number of benzene rings is 3. The lowest BCUT2D eigenvalue weighted by Gasteiger charge is -2.17. The molecule has 0 aliphatic heterocycles. The molecule has 1 atom stereocenters. The Hall–Kier alpha value is -2.59. The van der Waals surface area contributed by atoms with E-state index in [4.69, 9.17) is 0 Å². The average Bonchev–Trinajstić information content (AvgIpc) is 2.78. The van der Waals surface area contributed by atoms with Crippen molar-refractivity contribution in [2.24, 2.45) is 0 Å². The molecular weight excluding hydrogens is 453 g/mol. The molecule has 0 saturated heterocycles. The van der Waals surface area contributed by atoms with Crippen LogP contribution in [0.15, 0.2) is 87.5 Å². The number of hydrogen-bond donors (Lipinski definition) is 2. The van der Waals surface area contributed by atoms with Gasteiger partial charge in [-0.15, -0.1) is 0 Å². The summed E-state index contributed by atoms with van der Waals surface area (Å²) in [5.41, 5.74) is 0.983. The highest BCUT2D eigenvalue weighted by Crippen LogP contribution is 2.29. The number of aliphatic hydroxyl groups is 1. The number of rotatable bonds is 8. The Morgan fingerprint density at radius 1 is 0.875 bits per heavy atom. The van der Waals surface area contributed by atoms with Crippen LogP contribution in [0.25, 0.3) is 0 Å². The van der Waals surface area contributed by atoms with Gasteiger partial charge in [0.15, 0.2) is 0 Å². The van der Waals surface area contributed by atoms with Gasteiger partial charge in [-0.3, -0.25) is 0 Å². The van der Waals surface area contributed by atoms with Gasteiger partial charge in [0.2, 0.25) is 19.9 Å². The van der Waals surface area contributed by atoms with Crippen LogP contribution < -0.4 is 4.72 Å². The van der Waals surface area contributed by atoms with E-state index in [1.54, 1.807) is 44.2 Å². The number of sulfonamides is 1. The maximum absolute atomic E-state index is 13.2. The fraction of sp³-hybridized carbons (Fsp3) is 0.217. The highest BCUT2D eigenvalue weighted by Gasteiger charge is 2.26. The molecular formula is C23H24FNO5S2. The van der Waals surface area contributed by atoms with Crippen LogP contribution in [0.1, 0.15) is 37.0 Å². The number of aliphatic hydroxyl groups excluding tert-OH is 1. The van der Waals surface area contributed by atoms with E-state index in [9.17, 15) is 26.3 Å². The Balaban J connectivity index is 1.97. The maximum Gasteiger partial charge on any atom is 0.240 e. The largest absolute Gasteiger partial charge is 0.387 e. The van der Waals surface area contributed by atoms with Gasteiger partial charge in [-0.25, -0.2) is 25.9 Å². The molecule has 0 bridgehead atoms. The molecule has 0 aliphatic carbocycles. The van der Waals surface area contributed by atoms with Gasteiger partial charge in [-0.2, -0.15) is 0 Å². The van der Waals surface area contributed by atoms with E-state index in [1.165, 1.54) is 12.1 Å². The quantitative estimate of drug-likeness (QED) is 0.481. The van der Waals surface area contributed by atoms with Gasteiger partial charge in [-0.05, 0) is 53.4 Å². The van der Waals surface area contributed by atoms with Gasteiger partial charge in [-0.1, -0.05) is 50.2 Å². The van der Waals surface area contributed by atoms with Crippen molar-refractivity contribution in [1.82, 2.24) is 4.72 Å². The third-order valence-corrected chi connectivity index (χ3v) is 8.23. The first-order chi connectivity index (χ1) is 15.0. The lowest BCUT2D eigenvalue weighted by molar-refractivity contribution is 0.182. The topological polar surface area (TPSA) is 101 Å². The Bertz CT molecular complexity index is 1290. The van der Waals surface area contributed by atoms with Crippen LogP contribution in [0, 0.1) is 5.82 Å². The lowest BCUT2D eigenvalue weighted by atomic mass is 10.0. The van der Waals surface area contributed by atoms with E-state index in [0.29, 0.717) is 11.1 Å². The van der Waals surface area contributed by atoms with E-state index < -0.39 is 31.8 Å². The predicted molar refractivity (Wildman–Crippen MR) is 119 cm³/mol. The molecule has 3 aromatic carbocycles. The summed E-state index contributed by atoms with van der Waals surface area (Å²) >= 11 is 0. The van der Waals surface area contributed by atoms with Crippen LogP contribution in [0.5, 0.6) is 0 Å². The highest BCUT2D eigenvalue weighted by molar-refractivity contribution is 7.91. The Morgan fingerprint density at radius 3 is 2.06 bits per heavy atom. The van der Waals surface area contributed by atoms with Crippen LogP contribution in [-0.4, -0.2) is 28.5 Å². The van der Waals surface area contributed by atoms with E-state index in [2.05, 4.69) is 4.72 Å². The Kier molecular flexibility index (Phi) is 7.14. The van der Waals surface area contributed by atoms with Crippen molar-refractivity contribution in [3.63, 3.8) is 0 Å². The SMILES string of the molecule is CC(C)c1ccc(S(=O)(=O)c2ccc(F)cc2)cc1S(=O)(=O)NCC(O)c1ccccc1. The molecule has 6 nitrogen and oxygen atoms in total. The first kappa shape index (κ1) is 24.1. The predicted octanol–water partition coefficient (Wildman–Crippen LogP) is 3.79. The molecule has 3 aromatic rings. The zero-order chi connectivity index (χ0) is 23.5. The summed E-state index contributed by atoms with van der Waals surface area (Å²) in [6.45, 7) is 3.31. The van der Waals surface area contributed by atoms with Crippen molar-refractivity contribution in [2.45, 2.75) is 40.6 Å². The molecule has 170 valence electrons. The number of hydrogen-bond acceptors (Lipinski definition) is 5. The van der Waals surface area contributed by atoms with Crippen molar-refractivity contribution >= 4 is 19.9 Å². The minimum atomic E-state index is -4.15. The van der Waals surface area contributed by atoms with E-state index in [-0.39, 0.29) is 27.1 Å². The van der Waals surface area contributed by atoms with E-state index in [0.717, 1.165) is 30.3 Å². The summed E-state index contributed by atoms with van der Waals surface area (Å²) < 4.78 is 67.7. The van der Waals surface area contributed by atoms with E-state index >= 15 is 0 Å². The molecule has 0 saturated carbocycles. The second-order valence-corrected chi connectivity index (χ2v) is 11.3. The lowest BCUT2D eigenvalue weighted by Crippen LogP contribution is -2.29. The smallest absolute Gasteiger partial charge is 0.240 e. The minimum absolute atomic E-state index is 0.146. The van der Waals surface area contributed by atoms with Crippen molar-refractivity contribution < 1.29 is 26.3 Å². The third-order valence-electron chi connectivity index (χ3n) is 4.98. The van der Waals surface area contributed by atoms with Crippen molar-refractivity contribution in [2.75, 3.05) is 6.54 Å². The van der Waals surface area contributed by atoms with Gasteiger partial charge < -0.3 is 5.11 Å². The summed E-state index contributed by atoms with van der Waals surface area (Å²) in [5, 5.41) is 10.3. The molecule has 0 radical (unpaired) electrons. The molecule has 2 N–H and O–H groups in total. The highest BCUT2D eigenvalue weighted by atomic mass is 32.2. The molecule has 0 aliphatic rings. The molecule has 0 fully saturated rings. The second kappa shape index (κ2) is 9.50. The van der Waals surface area contributed by atoms with Gasteiger partial charge in [0.25, 0.3) is 0 Å². The Morgan fingerprint density at radius 2 is 1.47 bits per heavy atom. The molecule has 0 spiro atoms. The summed E-state index contributed by atoms with van der Waals surface area (Å²) in [6, 6.07) is 16.8. The summed E-state index contributed by atoms with van der Waals surface area (Å²) in [7, 11) is -8.21. The monoisotopic (exact) mass is 477 g/mol. The molecule has 0 aromatic heterocycles. The second-order valence-electron chi connectivity index (χ2n) is 7.59. The van der Waals surface area contributed by atoms with Crippen LogP contribution >= 0.6 is 0 Å². The first-order valence-corrected chi connectivity index (χ1v) is 12.9. The summed E-state index contributed by atoms with van der Waals surface area (Å²) in [6.07, 6.45) is -1.07. The molecule has 0 heterocycles. The van der Waals surface area contributed by atoms with Crippen LogP contribution in [-0.2, 0) is 19.9 Å². The fourth-order valence-electron chi connectivity index (χ4n) is 3.20. The fourth-order valence-corrected chi connectivity index (χ4v) is 5.99. The molecule has 9 heteroatoms. The molecule has 1 unspecified atom stereocenters. The van der Waals surface area contributed by atoms with Crippen molar-refractivity contribution in [1.29, 1.82) is 0 Å². The normalized spacial score (nSPS) is 13.3. The van der Waals surface area contributed by atoms with E-state index in [1.807, 2.05) is 0 Å². The zero-order valence-corrected chi connectivity index (χ0v) is 19.2. The molecule has 32 heavy (non-hydrogen) atoms. The van der Waals surface area contributed by atoms with Gasteiger partial charge in [0, 0.05) is 6.54 Å². The number of nitrogens with one attached hydrogen (secondary N) is 1. The molecule has 0 amide bonds. The van der Waals surface area contributed by atoms with Gasteiger partial charge in [0.05, 0.1) is 20.8 Å². The van der Waals surface area contributed by atoms with Crippen molar-refractivity contribution in [3.05, 3.63) is 89.7 Å². The number of sulfone groups is 1. The first-order valence-electron chi connectivity index (χ1n) is 9.89. The van der Waals surface area contributed by atoms with Crippen LogP contribution in [0.2, 0.25) is 0 Å². The maximum atomic E-state index is 13.2. The van der Waals surface area contributed by atoms with Gasteiger partial charge in [0.1, 0.15) is 5.82 Å². The zero-order valence-electron chi connectivity index (χ0n) is 17.6. The standard InChI is InChI=1S/C23H24FNO5S2/c1-16(2)21-13-12-20(31(27,28)19-10-8-18(24)9-11-19)14-23(21)32(29,30)25-15-22(26)17-6-4-3-5-7-17/h3-14,16,22,25-26H,15H2,1-2H3. The summed E-state index contributed by atoms with van der Waals surface area (Å²) in [4.78, 5) is -0.555. The number of halogens is 1. The summed E-state index contributed by atoms with van der Waals surface area (Å²) in [5.74, 6) is -0.785. The minimum Gasteiger partial charge on any atom is -0.387 e. The van der Waals surface area contributed by atoms with Crippen LogP contribution in [0.4, 0.5) is 4.39 Å². The van der Waals surface area contributed by atoms with Crippen molar-refractivity contribution in [3.8, 4) is 0 Å². The molecule has 3 rings (SSSR count). The average molecular weight is 478 g/mol. The Labute approximate surface area is 187 Å².